The summed E-state index contributed by atoms with van der Waals surface area (Å²) in [5.41, 5.74) is 0.931. The summed E-state index contributed by atoms with van der Waals surface area (Å²) >= 11 is 0. The molecular weight excluding hydrogens is 370 g/mol. The molecule has 1 saturated carbocycles. The van der Waals surface area contributed by atoms with Gasteiger partial charge in [0.2, 0.25) is 5.91 Å². The summed E-state index contributed by atoms with van der Waals surface area (Å²) in [4.78, 5) is 23.8. The highest BCUT2D eigenvalue weighted by Crippen LogP contribution is 2.41. The van der Waals surface area contributed by atoms with Crippen LogP contribution in [-0.2, 0) is 11.2 Å². The van der Waals surface area contributed by atoms with Gasteiger partial charge in [-0.2, -0.15) is 0 Å². The van der Waals surface area contributed by atoms with Gasteiger partial charge in [0, 0.05) is 31.0 Å². The van der Waals surface area contributed by atoms with Crippen molar-refractivity contribution < 1.29 is 19.1 Å². The van der Waals surface area contributed by atoms with E-state index in [0.29, 0.717) is 25.4 Å². The Kier molecular flexibility index (Phi) is 7.23. The summed E-state index contributed by atoms with van der Waals surface area (Å²) in [6.07, 6.45) is 6.79. The topological polar surface area (TPSA) is 88.7 Å². The van der Waals surface area contributed by atoms with Crippen molar-refractivity contribution in [2.75, 3.05) is 19.7 Å². The average molecular weight is 404 g/mol. The lowest BCUT2D eigenvalue weighted by Gasteiger charge is -2.22. The van der Waals surface area contributed by atoms with Crippen LogP contribution in [0.15, 0.2) is 18.2 Å². The summed E-state index contributed by atoms with van der Waals surface area (Å²) in [5, 5.41) is 8.55. The third kappa shape index (κ3) is 6.54. The van der Waals surface area contributed by atoms with E-state index in [1.807, 2.05) is 12.1 Å². The van der Waals surface area contributed by atoms with Gasteiger partial charge >= 0.3 is 6.03 Å². The van der Waals surface area contributed by atoms with Crippen LogP contribution in [0.2, 0.25) is 0 Å². The molecule has 7 heteroatoms. The summed E-state index contributed by atoms with van der Waals surface area (Å²) in [7, 11) is 0. The number of carbonyl (C=O) groups excluding carboxylic acids is 2. The Morgan fingerprint density at radius 3 is 2.72 bits per heavy atom. The molecule has 7 nitrogen and oxygen atoms in total. The molecule has 0 spiro atoms. The molecule has 3 N–H and O–H groups in total. The minimum absolute atomic E-state index is 0.109. The molecule has 2 aliphatic rings. The van der Waals surface area contributed by atoms with E-state index in [-0.39, 0.29) is 30.0 Å². The number of rotatable bonds is 8. The van der Waals surface area contributed by atoms with Crippen LogP contribution in [0, 0.1) is 0 Å². The van der Waals surface area contributed by atoms with Gasteiger partial charge in [0.1, 0.15) is 12.2 Å². The molecule has 0 radical (unpaired) electrons. The van der Waals surface area contributed by atoms with Gasteiger partial charge in [0.25, 0.3) is 0 Å². The van der Waals surface area contributed by atoms with Crippen LogP contribution in [0.1, 0.15) is 57.9 Å². The standard InChI is InChI=1S/C22H33N3O4/c1-22(2)15-16-7-6-10-18(20(16)29-22)28-14-13-23-19(26)11-12-24-21(27)25-17-8-4-3-5-9-17/h6-7,10,17H,3-5,8-9,11-15H2,1-2H3,(H,23,26)(H2,24,25,27). The van der Waals surface area contributed by atoms with Crippen LogP contribution in [0.4, 0.5) is 4.79 Å². The van der Waals surface area contributed by atoms with Crippen molar-refractivity contribution in [3.8, 4) is 11.5 Å². The maximum Gasteiger partial charge on any atom is 0.315 e. The normalized spacial score (nSPS) is 17.7. The smallest absolute Gasteiger partial charge is 0.315 e. The molecule has 1 aromatic rings. The van der Waals surface area contributed by atoms with Crippen LogP contribution in [0.25, 0.3) is 0 Å². The molecule has 160 valence electrons. The molecule has 0 unspecified atom stereocenters. The molecule has 1 aliphatic carbocycles. The molecule has 1 aromatic carbocycles. The first kappa shape index (κ1) is 21.3. The number of nitrogens with one attached hydrogen (secondary N) is 3. The first-order valence-corrected chi connectivity index (χ1v) is 10.7. The molecular formula is C22H33N3O4. The number of carbonyl (C=O) groups is 2. The van der Waals surface area contributed by atoms with E-state index >= 15 is 0 Å². The van der Waals surface area contributed by atoms with Crippen LogP contribution >= 0.6 is 0 Å². The lowest BCUT2D eigenvalue weighted by atomic mass is 9.96. The molecule has 0 atom stereocenters. The summed E-state index contributed by atoms with van der Waals surface area (Å²) in [6.45, 7) is 5.20. The van der Waals surface area contributed by atoms with E-state index in [4.69, 9.17) is 9.47 Å². The van der Waals surface area contributed by atoms with Gasteiger partial charge in [-0.25, -0.2) is 4.79 Å². The number of urea groups is 1. The van der Waals surface area contributed by atoms with E-state index in [2.05, 4.69) is 35.9 Å². The number of benzene rings is 1. The van der Waals surface area contributed by atoms with Crippen molar-refractivity contribution in [1.82, 2.24) is 16.0 Å². The number of hydrogen-bond acceptors (Lipinski definition) is 4. The molecule has 0 saturated heterocycles. The summed E-state index contributed by atoms with van der Waals surface area (Å²) in [6, 6.07) is 5.98. The van der Waals surface area contributed by atoms with Crippen molar-refractivity contribution in [2.24, 2.45) is 0 Å². The highest BCUT2D eigenvalue weighted by molar-refractivity contribution is 5.78. The summed E-state index contributed by atoms with van der Waals surface area (Å²) in [5.74, 6) is 1.41. The first-order chi connectivity index (χ1) is 13.9. The SMILES string of the molecule is CC1(C)Cc2cccc(OCCNC(=O)CCNC(=O)NC3CCCCC3)c2O1. The van der Waals surface area contributed by atoms with Gasteiger partial charge in [-0.3, -0.25) is 4.79 Å². The molecule has 3 amide bonds. The Labute approximate surface area is 172 Å². The lowest BCUT2D eigenvalue weighted by molar-refractivity contribution is -0.121. The van der Waals surface area contributed by atoms with E-state index < -0.39 is 0 Å². The van der Waals surface area contributed by atoms with Crippen LogP contribution in [0.5, 0.6) is 11.5 Å². The third-order valence-electron chi connectivity index (χ3n) is 5.31. The number of fused-ring (bicyclic) bond motifs is 1. The third-order valence-corrected chi connectivity index (χ3v) is 5.31. The second kappa shape index (κ2) is 9.85. The number of ether oxygens (including phenoxy) is 2. The van der Waals surface area contributed by atoms with Crippen LogP contribution in [-0.4, -0.2) is 43.3 Å². The fourth-order valence-corrected chi connectivity index (χ4v) is 3.91. The quantitative estimate of drug-likeness (QED) is 0.582. The van der Waals surface area contributed by atoms with Gasteiger partial charge in [0.15, 0.2) is 11.5 Å². The summed E-state index contributed by atoms with van der Waals surface area (Å²) < 4.78 is 11.8. The Morgan fingerprint density at radius 1 is 1.14 bits per heavy atom. The maximum atomic E-state index is 11.9. The number of hydrogen-bond donors (Lipinski definition) is 3. The fourth-order valence-electron chi connectivity index (χ4n) is 3.91. The van der Waals surface area contributed by atoms with Crippen LogP contribution < -0.4 is 25.4 Å². The zero-order valence-electron chi connectivity index (χ0n) is 17.5. The Balaban J connectivity index is 1.28. The van der Waals surface area contributed by atoms with Crippen molar-refractivity contribution in [2.45, 2.75) is 70.4 Å². The zero-order valence-corrected chi connectivity index (χ0v) is 17.5. The van der Waals surface area contributed by atoms with Gasteiger partial charge in [0.05, 0.1) is 6.54 Å². The lowest BCUT2D eigenvalue weighted by Crippen LogP contribution is -2.44. The highest BCUT2D eigenvalue weighted by atomic mass is 16.5. The average Bonchev–Trinajstić information content (AvgIpc) is 3.00. The largest absolute Gasteiger partial charge is 0.488 e. The minimum Gasteiger partial charge on any atom is -0.488 e. The Bertz CT molecular complexity index is 714. The zero-order chi connectivity index (χ0) is 20.7. The predicted molar refractivity (Wildman–Crippen MR) is 111 cm³/mol. The number of para-hydroxylation sites is 1. The second-order valence-corrected chi connectivity index (χ2v) is 8.47. The van der Waals surface area contributed by atoms with Crippen molar-refractivity contribution in [3.05, 3.63) is 23.8 Å². The fraction of sp³-hybridized carbons (Fsp3) is 0.636. The van der Waals surface area contributed by atoms with Crippen LogP contribution in [0.3, 0.4) is 0 Å². The van der Waals surface area contributed by atoms with E-state index in [1.54, 1.807) is 0 Å². The molecule has 0 aromatic heterocycles. The van der Waals surface area contributed by atoms with Crippen molar-refractivity contribution in [3.63, 3.8) is 0 Å². The van der Waals surface area contributed by atoms with Crippen molar-refractivity contribution >= 4 is 11.9 Å². The molecule has 29 heavy (non-hydrogen) atoms. The number of amides is 3. The predicted octanol–water partition coefficient (Wildman–Crippen LogP) is 2.92. The van der Waals surface area contributed by atoms with Crippen molar-refractivity contribution in [1.29, 1.82) is 0 Å². The van der Waals surface area contributed by atoms with E-state index in [9.17, 15) is 9.59 Å². The molecule has 1 heterocycles. The van der Waals surface area contributed by atoms with E-state index in [1.165, 1.54) is 19.3 Å². The second-order valence-electron chi connectivity index (χ2n) is 8.47. The molecule has 1 aliphatic heterocycles. The van der Waals surface area contributed by atoms with E-state index in [0.717, 1.165) is 30.6 Å². The maximum absolute atomic E-state index is 11.9. The van der Waals surface area contributed by atoms with Gasteiger partial charge in [-0.05, 0) is 32.8 Å². The molecule has 0 bridgehead atoms. The van der Waals surface area contributed by atoms with Gasteiger partial charge in [-0.1, -0.05) is 31.4 Å². The Hall–Kier alpha value is -2.44. The molecule has 3 rings (SSSR count). The highest BCUT2D eigenvalue weighted by Gasteiger charge is 2.32. The monoisotopic (exact) mass is 403 g/mol. The Morgan fingerprint density at radius 2 is 1.93 bits per heavy atom. The molecule has 1 fully saturated rings. The van der Waals surface area contributed by atoms with Gasteiger partial charge < -0.3 is 25.4 Å². The first-order valence-electron chi connectivity index (χ1n) is 10.7. The van der Waals surface area contributed by atoms with Gasteiger partial charge in [-0.15, -0.1) is 0 Å². The minimum atomic E-state index is -0.216.